The zero-order valence-electron chi connectivity index (χ0n) is 11.1. The molecule has 0 N–H and O–H groups in total. The molecule has 96 valence electrons. The maximum atomic E-state index is 11.9. The molecule has 0 unspecified atom stereocenters. The lowest BCUT2D eigenvalue weighted by Crippen LogP contribution is -2.22. The highest BCUT2D eigenvalue weighted by Gasteiger charge is 2.33. The predicted molar refractivity (Wildman–Crippen MR) is 80.1 cm³/mol. The molecule has 0 saturated heterocycles. The number of para-hydroxylation sites is 1. The number of rotatable bonds is 1. The molecule has 1 aliphatic rings. The van der Waals surface area contributed by atoms with Gasteiger partial charge in [0.05, 0.1) is 10.2 Å². The zero-order chi connectivity index (χ0) is 13.6. The quantitative estimate of drug-likeness (QED) is 0.725. The molecule has 0 aliphatic heterocycles. The van der Waals surface area contributed by atoms with Gasteiger partial charge in [-0.15, -0.1) is 11.3 Å². The van der Waals surface area contributed by atoms with Crippen LogP contribution in [0.4, 0.5) is 0 Å². The molecule has 1 aliphatic carbocycles. The lowest BCUT2D eigenvalue weighted by Gasteiger charge is -2.30. The van der Waals surface area contributed by atoms with Crippen molar-refractivity contribution in [1.82, 2.24) is 4.98 Å². The smallest absolute Gasteiger partial charge is 0.181 e. The van der Waals surface area contributed by atoms with Gasteiger partial charge in [-0.25, -0.2) is 4.98 Å². The Bertz CT molecular complexity index is 688. The number of fused-ring (bicyclic) bond motifs is 1. The van der Waals surface area contributed by atoms with Gasteiger partial charge >= 0.3 is 0 Å². The summed E-state index contributed by atoms with van der Waals surface area (Å²) >= 11 is 1.65. The Kier molecular flexibility index (Phi) is 2.68. The normalized spacial score (nSPS) is 18.7. The molecule has 3 heteroatoms. The molecule has 0 atom stereocenters. The highest BCUT2D eigenvalue weighted by molar-refractivity contribution is 7.19. The third-order valence-corrected chi connectivity index (χ3v) is 4.60. The van der Waals surface area contributed by atoms with Crippen LogP contribution < -0.4 is 0 Å². The van der Waals surface area contributed by atoms with E-state index in [-0.39, 0.29) is 11.2 Å². The third-order valence-electron chi connectivity index (χ3n) is 3.53. The summed E-state index contributed by atoms with van der Waals surface area (Å²) in [6, 6.07) is 8.07. The van der Waals surface area contributed by atoms with E-state index in [1.807, 2.05) is 18.2 Å². The summed E-state index contributed by atoms with van der Waals surface area (Å²) in [6.45, 7) is 8.13. The number of hydrogen-bond donors (Lipinski definition) is 0. The summed E-state index contributed by atoms with van der Waals surface area (Å²) in [5.41, 5.74) is 2.63. The predicted octanol–water partition coefficient (Wildman–Crippen LogP) is 4.23. The van der Waals surface area contributed by atoms with Gasteiger partial charge < -0.3 is 0 Å². The number of nitrogens with zero attached hydrogens (tertiary/aromatic N) is 1. The van der Waals surface area contributed by atoms with Crippen molar-refractivity contribution in [3.05, 3.63) is 47.5 Å². The molecule has 2 nitrogen and oxygen atoms in total. The van der Waals surface area contributed by atoms with Crippen LogP contribution in [0.25, 0.3) is 15.8 Å². The van der Waals surface area contributed by atoms with E-state index in [2.05, 4.69) is 31.5 Å². The summed E-state index contributed by atoms with van der Waals surface area (Å²) in [5.74, 6) is 0.0357. The summed E-state index contributed by atoms with van der Waals surface area (Å²) in [4.78, 5) is 16.5. The third kappa shape index (κ3) is 2.04. The standard InChI is InChI=1S/C16H15NOS/c1-10-9-16(2,3)11(8-13(10)18)15-17-12-6-4-5-7-14(12)19-15/h4-8H,1,9H2,2-3H3. The van der Waals surface area contributed by atoms with Crippen LogP contribution in [-0.2, 0) is 4.79 Å². The van der Waals surface area contributed by atoms with Crippen molar-refractivity contribution < 1.29 is 4.79 Å². The minimum atomic E-state index is -0.0845. The first-order chi connectivity index (χ1) is 8.97. The number of carbonyl (C=O) groups is 1. The van der Waals surface area contributed by atoms with Crippen LogP contribution in [0.5, 0.6) is 0 Å². The molecule has 0 radical (unpaired) electrons. The van der Waals surface area contributed by atoms with Crippen LogP contribution in [0.3, 0.4) is 0 Å². The van der Waals surface area contributed by atoms with Gasteiger partial charge in [0, 0.05) is 0 Å². The number of thiazole rings is 1. The summed E-state index contributed by atoms with van der Waals surface area (Å²) in [7, 11) is 0. The molecule has 3 rings (SSSR count). The summed E-state index contributed by atoms with van der Waals surface area (Å²) in [6.07, 6.45) is 2.41. The van der Waals surface area contributed by atoms with E-state index < -0.39 is 0 Å². The van der Waals surface area contributed by atoms with Gasteiger partial charge in [-0.1, -0.05) is 32.6 Å². The molecule has 0 fully saturated rings. The van der Waals surface area contributed by atoms with E-state index in [0.29, 0.717) is 12.0 Å². The van der Waals surface area contributed by atoms with Crippen LogP contribution in [0.15, 0.2) is 42.5 Å². The Hall–Kier alpha value is -1.74. The van der Waals surface area contributed by atoms with Crippen molar-refractivity contribution in [3.8, 4) is 0 Å². The molecule has 1 aromatic carbocycles. The van der Waals surface area contributed by atoms with Crippen LogP contribution in [0.1, 0.15) is 25.3 Å². The van der Waals surface area contributed by atoms with Gasteiger partial charge in [-0.05, 0) is 41.2 Å². The summed E-state index contributed by atoms with van der Waals surface area (Å²) in [5, 5.41) is 0.951. The number of allylic oxidation sites excluding steroid dienone is 3. The monoisotopic (exact) mass is 269 g/mol. The number of aromatic nitrogens is 1. The number of hydrogen-bond acceptors (Lipinski definition) is 3. The average molecular weight is 269 g/mol. The van der Waals surface area contributed by atoms with Crippen LogP contribution >= 0.6 is 11.3 Å². The molecule has 0 saturated carbocycles. The van der Waals surface area contributed by atoms with Crippen LogP contribution in [-0.4, -0.2) is 10.8 Å². The fourth-order valence-electron chi connectivity index (χ4n) is 2.48. The molecular weight excluding hydrogens is 254 g/mol. The van der Waals surface area contributed by atoms with Crippen molar-refractivity contribution in [1.29, 1.82) is 0 Å². The van der Waals surface area contributed by atoms with Crippen molar-refractivity contribution in [2.24, 2.45) is 5.41 Å². The van der Waals surface area contributed by atoms with E-state index in [0.717, 1.165) is 20.8 Å². The lowest BCUT2D eigenvalue weighted by atomic mass is 9.74. The minimum Gasteiger partial charge on any atom is -0.290 e. The molecule has 1 aromatic heterocycles. The van der Waals surface area contributed by atoms with E-state index in [9.17, 15) is 4.79 Å². The van der Waals surface area contributed by atoms with E-state index in [1.165, 1.54) is 0 Å². The van der Waals surface area contributed by atoms with Gasteiger partial charge in [-0.2, -0.15) is 0 Å². The second-order valence-corrected chi connectivity index (χ2v) is 6.60. The fourth-order valence-corrected chi connectivity index (χ4v) is 3.65. The first kappa shape index (κ1) is 12.3. The second kappa shape index (κ2) is 4.14. The van der Waals surface area contributed by atoms with Crippen LogP contribution in [0, 0.1) is 5.41 Å². The topological polar surface area (TPSA) is 30.0 Å². The van der Waals surface area contributed by atoms with E-state index in [4.69, 9.17) is 0 Å². The van der Waals surface area contributed by atoms with E-state index >= 15 is 0 Å². The number of benzene rings is 1. The first-order valence-corrected chi connectivity index (χ1v) is 7.09. The molecule has 0 bridgehead atoms. The highest BCUT2D eigenvalue weighted by Crippen LogP contribution is 2.44. The van der Waals surface area contributed by atoms with Gasteiger partial charge in [0.2, 0.25) is 0 Å². The van der Waals surface area contributed by atoms with Crippen molar-refractivity contribution in [3.63, 3.8) is 0 Å². The Labute approximate surface area is 116 Å². The molecular formula is C16H15NOS. The van der Waals surface area contributed by atoms with Gasteiger partial charge in [0.1, 0.15) is 5.01 Å². The Morgan fingerprint density at radius 2 is 2.05 bits per heavy atom. The van der Waals surface area contributed by atoms with Crippen molar-refractivity contribution in [2.45, 2.75) is 20.3 Å². The van der Waals surface area contributed by atoms with Crippen molar-refractivity contribution >= 4 is 32.9 Å². The second-order valence-electron chi connectivity index (χ2n) is 5.57. The maximum absolute atomic E-state index is 11.9. The largest absolute Gasteiger partial charge is 0.290 e. The molecule has 1 heterocycles. The Balaban J connectivity index is 2.16. The van der Waals surface area contributed by atoms with Gasteiger partial charge in [0.15, 0.2) is 5.78 Å². The number of ketones is 1. The average Bonchev–Trinajstić information content (AvgIpc) is 2.76. The maximum Gasteiger partial charge on any atom is 0.181 e. The first-order valence-electron chi connectivity index (χ1n) is 6.27. The molecule has 2 aromatic rings. The SMILES string of the molecule is C=C1CC(C)(C)C(c2nc3ccccc3s2)=CC1=O. The fraction of sp³-hybridized carbons (Fsp3) is 0.250. The number of carbonyl (C=O) groups excluding carboxylic acids is 1. The molecule has 19 heavy (non-hydrogen) atoms. The van der Waals surface area contributed by atoms with E-state index in [1.54, 1.807) is 17.4 Å². The minimum absolute atomic E-state index is 0.0357. The molecule has 0 spiro atoms. The highest BCUT2D eigenvalue weighted by atomic mass is 32.1. The Morgan fingerprint density at radius 1 is 1.32 bits per heavy atom. The van der Waals surface area contributed by atoms with Crippen LogP contribution in [0.2, 0.25) is 0 Å². The molecule has 0 amide bonds. The van der Waals surface area contributed by atoms with Gasteiger partial charge in [-0.3, -0.25) is 4.79 Å². The Morgan fingerprint density at radius 3 is 2.79 bits per heavy atom. The lowest BCUT2D eigenvalue weighted by molar-refractivity contribution is -0.111. The summed E-state index contributed by atoms with van der Waals surface area (Å²) < 4.78 is 1.16. The van der Waals surface area contributed by atoms with Gasteiger partial charge in [0.25, 0.3) is 0 Å². The zero-order valence-corrected chi connectivity index (χ0v) is 11.9. The van der Waals surface area contributed by atoms with Crippen molar-refractivity contribution in [2.75, 3.05) is 0 Å².